The summed E-state index contributed by atoms with van der Waals surface area (Å²) in [6.45, 7) is 4.94. The monoisotopic (exact) mass is 191 g/mol. The highest BCUT2D eigenvalue weighted by Gasteiger charge is 2.43. The second-order valence-corrected chi connectivity index (χ2v) is 4.11. The molecule has 0 saturated heterocycles. The lowest BCUT2D eigenvalue weighted by Gasteiger charge is -2.23. The Balaban J connectivity index is 2.33. The lowest BCUT2D eigenvalue weighted by atomic mass is 10.0. The molecule has 0 unspecified atom stereocenters. The van der Waals surface area contributed by atoms with Gasteiger partial charge in [0.15, 0.2) is 0 Å². The molecule has 3 nitrogen and oxygen atoms in total. The van der Waals surface area contributed by atoms with Crippen LogP contribution in [-0.4, -0.2) is 24.5 Å². The van der Waals surface area contributed by atoms with Crippen molar-refractivity contribution in [1.82, 2.24) is 4.90 Å². The van der Waals surface area contributed by atoms with Gasteiger partial charge in [0, 0.05) is 25.9 Å². The lowest BCUT2D eigenvalue weighted by Crippen LogP contribution is -2.31. The van der Waals surface area contributed by atoms with Gasteiger partial charge in [0.25, 0.3) is 0 Å². The molecule has 0 bridgehead atoms. The predicted molar refractivity (Wildman–Crippen MR) is 54.2 cm³/mol. The molecule has 0 aromatic rings. The summed E-state index contributed by atoms with van der Waals surface area (Å²) >= 11 is 0. The average Bonchev–Trinajstić information content (AvgIpc) is 2.93. The maximum absolute atomic E-state index is 8.68. The molecule has 0 amide bonds. The number of nitrogens with zero attached hydrogens (tertiary/aromatic N) is 3. The van der Waals surface area contributed by atoms with Crippen LogP contribution in [0.3, 0.4) is 0 Å². The first kappa shape index (κ1) is 11.0. The van der Waals surface area contributed by atoms with Gasteiger partial charge < -0.3 is 4.90 Å². The van der Waals surface area contributed by atoms with E-state index in [-0.39, 0.29) is 5.41 Å². The second-order valence-electron chi connectivity index (χ2n) is 4.11. The van der Waals surface area contributed by atoms with E-state index in [1.54, 1.807) is 0 Å². The first-order valence-corrected chi connectivity index (χ1v) is 5.22. The van der Waals surface area contributed by atoms with Gasteiger partial charge in [-0.15, -0.1) is 0 Å². The Morgan fingerprint density at radius 1 is 1.29 bits per heavy atom. The largest absolute Gasteiger partial charge is 0.302 e. The summed E-state index contributed by atoms with van der Waals surface area (Å²) in [7, 11) is 0. The van der Waals surface area contributed by atoms with Gasteiger partial charge in [-0.25, -0.2) is 0 Å². The van der Waals surface area contributed by atoms with Gasteiger partial charge in [-0.05, 0) is 24.8 Å². The summed E-state index contributed by atoms with van der Waals surface area (Å²) in [5.41, 5.74) is 0.278. The van der Waals surface area contributed by atoms with Crippen LogP contribution in [0.2, 0.25) is 0 Å². The molecule has 1 saturated carbocycles. The standard InChI is InChI=1S/C11H17N3/c1-2-14(9-3-7-12)10-11(4-5-11)6-8-13/h2-6,9-10H2,1H3. The van der Waals surface area contributed by atoms with Gasteiger partial charge in [-0.1, -0.05) is 6.92 Å². The van der Waals surface area contributed by atoms with Crippen LogP contribution in [0.1, 0.15) is 32.6 Å². The van der Waals surface area contributed by atoms with Crippen LogP contribution < -0.4 is 0 Å². The van der Waals surface area contributed by atoms with Crippen molar-refractivity contribution in [1.29, 1.82) is 10.5 Å². The fraction of sp³-hybridized carbons (Fsp3) is 0.818. The summed E-state index contributed by atoms with van der Waals surface area (Å²) in [5, 5.41) is 17.2. The maximum Gasteiger partial charge on any atom is 0.0635 e. The molecule has 1 fully saturated rings. The minimum absolute atomic E-state index is 0.278. The van der Waals surface area contributed by atoms with E-state index in [4.69, 9.17) is 10.5 Å². The molecule has 3 heteroatoms. The Bertz CT molecular complexity index is 255. The van der Waals surface area contributed by atoms with Gasteiger partial charge in [-0.3, -0.25) is 0 Å². The molecule has 1 aliphatic carbocycles. The van der Waals surface area contributed by atoms with Crippen LogP contribution in [0.15, 0.2) is 0 Å². The number of rotatable bonds is 6. The van der Waals surface area contributed by atoms with Crippen LogP contribution in [0.5, 0.6) is 0 Å². The SMILES string of the molecule is CCN(CCC#N)CC1(CC#N)CC1. The van der Waals surface area contributed by atoms with Crippen molar-refractivity contribution in [3.63, 3.8) is 0 Å². The van der Waals surface area contributed by atoms with E-state index in [0.717, 1.165) is 19.6 Å². The molecule has 0 aromatic carbocycles. The summed E-state index contributed by atoms with van der Waals surface area (Å²) in [5.74, 6) is 0. The Morgan fingerprint density at radius 3 is 2.43 bits per heavy atom. The highest BCUT2D eigenvalue weighted by Crippen LogP contribution is 2.49. The molecule has 0 spiro atoms. The third-order valence-electron chi connectivity index (χ3n) is 2.96. The molecule has 0 radical (unpaired) electrons. The van der Waals surface area contributed by atoms with Crippen LogP contribution in [0.4, 0.5) is 0 Å². The molecular weight excluding hydrogens is 174 g/mol. The van der Waals surface area contributed by atoms with Crippen molar-refractivity contribution in [2.24, 2.45) is 5.41 Å². The molecular formula is C11H17N3. The second kappa shape index (κ2) is 4.98. The highest BCUT2D eigenvalue weighted by atomic mass is 15.1. The maximum atomic E-state index is 8.68. The Morgan fingerprint density at radius 2 is 2.00 bits per heavy atom. The van der Waals surface area contributed by atoms with Crippen LogP contribution in [0, 0.1) is 28.1 Å². The van der Waals surface area contributed by atoms with Crippen molar-refractivity contribution < 1.29 is 0 Å². The molecule has 0 aromatic heterocycles. The topological polar surface area (TPSA) is 50.8 Å². The molecule has 1 aliphatic rings. The molecule has 0 N–H and O–H groups in total. The van der Waals surface area contributed by atoms with E-state index < -0.39 is 0 Å². The quantitative estimate of drug-likeness (QED) is 0.644. The van der Waals surface area contributed by atoms with Gasteiger partial charge in [0.1, 0.15) is 0 Å². The molecule has 0 atom stereocenters. The lowest BCUT2D eigenvalue weighted by molar-refractivity contribution is 0.235. The summed E-state index contributed by atoms with van der Waals surface area (Å²) in [6, 6.07) is 4.43. The van der Waals surface area contributed by atoms with Crippen molar-refractivity contribution in [3.05, 3.63) is 0 Å². The molecule has 0 heterocycles. The van der Waals surface area contributed by atoms with E-state index in [9.17, 15) is 0 Å². The van der Waals surface area contributed by atoms with Crippen LogP contribution in [0.25, 0.3) is 0 Å². The van der Waals surface area contributed by atoms with Crippen LogP contribution >= 0.6 is 0 Å². The molecule has 14 heavy (non-hydrogen) atoms. The van der Waals surface area contributed by atoms with Crippen LogP contribution in [-0.2, 0) is 0 Å². The van der Waals surface area contributed by atoms with Gasteiger partial charge in [0.05, 0.1) is 12.1 Å². The van der Waals surface area contributed by atoms with Crippen molar-refractivity contribution in [2.75, 3.05) is 19.6 Å². The Labute approximate surface area is 85.9 Å². The van der Waals surface area contributed by atoms with Crippen molar-refractivity contribution >= 4 is 0 Å². The average molecular weight is 191 g/mol. The summed E-state index contributed by atoms with van der Waals surface area (Å²) in [4.78, 5) is 2.29. The normalized spacial score (nSPS) is 17.4. The minimum atomic E-state index is 0.278. The predicted octanol–water partition coefficient (Wildman–Crippen LogP) is 1.92. The molecule has 0 aliphatic heterocycles. The fourth-order valence-electron chi connectivity index (χ4n) is 1.77. The third-order valence-corrected chi connectivity index (χ3v) is 2.96. The number of nitriles is 2. The van der Waals surface area contributed by atoms with E-state index in [0.29, 0.717) is 12.8 Å². The van der Waals surface area contributed by atoms with E-state index in [1.165, 1.54) is 12.8 Å². The van der Waals surface area contributed by atoms with Gasteiger partial charge in [0.2, 0.25) is 0 Å². The number of hydrogen-bond donors (Lipinski definition) is 0. The van der Waals surface area contributed by atoms with E-state index >= 15 is 0 Å². The van der Waals surface area contributed by atoms with Crippen molar-refractivity contribution in [3.8, 4) is 12.1 Å². The summed E-state index contributed by atoms with van der Waals surface area (Å²) < 4.78 is 0. The fourth-order valence-corrected chi connectivity index (χ4v) is 1.77. The van der Waals surface area contributed by atoms with Crippen molar-refractivity contribution in [2.45, 2.75) is 32.6 Å². The smallest absolute Gasteiger partial charge is 0.0635 e. The third kappa shape index (κ3) is 3.01. The zero-order chi connectivity index (χ0) is 10.4. The van der Waals surface area contributed by atoms with E-state index in [1.807, 2.05) is 0 Å². The zero-order valence-corrected chi connectivity index (χ0v) is 8.79. The molecule has 1 rings (SSSR count). The number of hydrogen-bond acceptors (Lipinski definition) is 3. The van der Waals surface area contributed by atoms with Gasteiger partial charge >= 0.3 is 0 Å². The summed E-state index contributed by atoms with van der Waals surface area (Å²) in [6.07, 6.45) is 3.64. The zero-order valence-electron chi connectivity index (χ0n) is 8.79. The Hall–Kier alpha value is -1.06. The first-order chi connectivity index (χ1) is 6.76. The van der Waals surface area contributed by atoms with E-state index in [2.05, 4.69) is 24.0 Å². The first-order valence-electron chi connectivity index (χ1n) is 5.22. The van der Waals surface area contributed by atoms with Gasteiger partial charge in [-0.2, -0.15) is 10.5 Å². The Kier molecular flexibility index (Phi) is 3.92. The molecule has 76 valence electrons. The minimum Gasteiger partial charge on any atom is -0.302 e. The highest BCUT2D eigenvalue weighted by molar-refractivity contribution is 5.01.